The molecule has 0 bridgehead atoms. The van der Waals surface area contributed by atoms with Crippen molar-refractivity contribution in [3.05, 3.63) is 64.8 Å². The monoisotopic (exact) mass is 432 g/mol. The normalized spacial score (nSPS) is 11.4. The number of nitro benzene ring substituents is 1. The first-order chi connectivity index (χ1) is 14.3. The largest absolute Gasteiger partial charge is 0.497 e. The van der Waals surface area contributed by atoms with Gasteiger partial charge >= 0.3 is 0 Å². The second kappa shape index (κ2) is 8.93. The van der Waals surface area contributed by atoms with Gasteiger partial charge in [-0.1, -0.05) is 6.07 Å². The van der Waals surface area contributed by atoms with Gasteiger partial charge in [0, 0.05) is 42.3 Å². The molecule has 0 spiro atoms. The number of rotatable bonds is 9. The van der Waals surface area contributed by atoms with Crippen molar-refractivity contribution < 1.29 is 22.9 Å². The van der Waals surface area contributed by atoms with E-state index < -0.39 is 14.9 Å². The SMILES string of the molecule is COc1ccc2c(ccn2CC(=O)NCCNS(=O)(=O)c2cccc([N+](=O)[O-])c2)c1. The van der Waals surface area contributed by atoms with E-state index >= 15 is 0 Å². The summed E-state index contributed by atoms with van der Waals surface area (Å²) < 4.78 is 33.8. The highest BCUT2D eigenvalue weighted by molar-refractivity contribution is 7.89. The minimum atomic E-state index is -3.92. The lowest BCUT2D eigenvalue weighted by Gasteiger charge is -2.09. The molecule has 1 aromatic heterocycles. The van der Waals surface area contributed by atoms with Crippen LogP contribution in [0.15, 0.2) is 59.6 Å². The van der Waals surface area contributed by atoms with Gasteiger partial charge in [-0.2, -0.15) is 0 Å². The molecule has 0 aliphatic rings. The van der Waals surface area contributed by atoms with Crippen LogP contribution in [-0.2, 0) is 21.4 Å². The summed E-state index contributed by atoms with van der Waals surface area (Å²) in [7, 11) is -2.34. The number of ether oxygens (including phenoxy) is 1. The van der Waals surface area contributed by atoms with Crippen molar-refractivity contribution in [1.82, 2.24) is 14.6 Å². The molecule has 1 amide bonds. The number of nitro groups is 1. The third-order valence-electron chi connectivity index (χ3n) is 4.37. The van der Waals surface area contributed by atoms with Crippen molar-refractivity contribution in [2.75, 3.05) is 20.2 Å². The fourth-order valence-corrected chi connectivity index (χ4v) is 3.96. The molecule has 30 heavy (non-hydrogen) atoms. The minimum Gasteiger partial charge on any atom is -0.497 e. The molecular weight excluding hydrogens is 412 g/mol. The van der Waals surface area contributed by atoms with Crippen molar-refractivity contribution in [1.29, 1.82) is 0 Å². The van der Waals surface area contributed by atoms with Crippen molar-refractivity contribution >= 4 is 32.5 Å². The Morgan fingerprint density at radius 3 is 2.70 bits per heavy atom. The average Bonchev–Trinajstić information content (AvgIpc) is 3.13. The number of non-ortho nitro benzene ring substituents is 1. The van der Waals surface area contributed by atoms with E-state index in [9.17, 15) is 23.3 Å². The summed E-state index contributed by atoms with van der Waals surface area (Å²) in [6.07, 6.45) is 1.79. The van der Waals surface area contributed by atoms with E-state index in [1.165, 1.54) is 18.2 Å². The van der Waals surface area contributed by atoms with Crippen molar-refractivity contribution in [3.63, 3.8) is 0 Å². The molecule has 2 aromatic carbocycles. The second-order valence-electron chi connectivity index (χ2n) is 6.37. The maximum atomic E-state index is 12.2. The zero-order chi connectivity index (χ0) is 21.7. The summed E-state index contributed by atoms with van der Waals surface area (Å²) in [6, 6.07) is 12.2. The molecule has 158 valence electrons. The van der Waals surface area contributed by atoms with Gasteiger partial charge in [-0.15, -0.1) is 0 Å². The summed E-state index contributed by atoms with van der Waals surface area (Å²) in [4.78, 5) is 22.1. The highest BCUT2D eigenvalue weighted by Gasteiger charge is 2.17. The smallest absolute Gasteiger partial charge is 0.270 e. The number of hydrogen-bond acceptors (Lipinski definition) is 6. The Morgan fingerprint density at radius 1 is 1.17 bits per heavy atom. The molecule has 0 aliphatic heterocycles. The molecule has 0 unspecified atom stereocenters. The molecule has 0 aliphatic carbocycles. The lowest BCUT2D eigenvalue weighted by molar-refractivity contribution is -0.385. The molecule has 0 atom stereocenters. The number of carbonyl (C=O) groups is 1. The van der Waals surface area contributed by atoms with Crippen LogP contribution in [0.4, 0.5) is 5.69 Å². The zero-order valence-corrected chi connectivity index (χ0v) is 16.9. The van der Waals surface area contributed by atoms with Gasteiger partial charge in [-0.3, -0.25) is 14.9 Å². The number of hydrogen-bond donors (Lipinski definition) is 2. The topological polar surface area (TPSA) is 133 Å². The Bertz CT molecular complexity index is 1190. The predicted octanol–water partition coefficient (Wildman–Crippen LogP) is 1.65. The van der Waals surface area contributed by atoms with Crippen LogP contribution in [0.3, 0.4) is 0 Å². The summed E-state index contributed by atoms with van der Waals surface area (Å²) >= 11 is 0. The first kappa shape index (κ1) is 21.3. The van der Waals surface area contributed by atoms with Crippen molar-refractivity contribution in [3.8, 4) is 5.75 Å². The molecule has 2 N–H and O–H groups in total. The highest BCUT2D eigenvalue weighted by atomic mass is 32.2. The van der Waals surface area contributed by atoms with Crippen LogP contribution in [0.2, 0.25) is 0 Å². The molecule has 1 heterocycles. The third kappa shape index (κ3) is 4.93. The van der Waals surface area contributed by atoms with Crippen molar-refractivity contribution in [2.45, 2.75) is 11.4 Å². The number of sulfonamides is 1. The standard InChI is InChI=1S/C19H20N4O6S/c1-29-16-5-6-18-14(11-16)7-10-22(18)13-19(24)20-8-9-21-30(27,28)17-4-2-3-15(12-17)23(25)26/h2-7,10-12,21H,8-9,13H2,1H3,(H,20,24). The third-order valence-corrected chi connectivity index (χ3v) is 5.83. The van der Waals surface area contributed by atoms with Gasteiger partial charge < -0.3 is 14.6 Å². The Balaban J connectivity index is 1.52. The quantitative estimate of drug-likeness (QED) is 0.300. The molecule has 3 aromatic rings. The maximum absolute atomic E-state index is 12.2. The Labute approximate surface area is 172 Å². The van der Waals surface area contributed by atoms with E-state index in [1.54, 1.807) is 23.9 Å². The molecular formula is C19H20N4O6S. The minimum absolute atomic E-state index is 0.0552. The number of carbonyl (C=O) groups excluding carboxylic acids is 1. The zero-order valence-electron chi connectivity index (χ0n) is 16.1. The van der Waals surface area contributed by atoms with Gasteiger partial charge in [-0.05, 0) is 30.3 Å². The first-order valence-corrected chi connectivity index (χ1v) is 10.4. The van der Waals surface area contributed by atoms with Gasteiger partial charge in [0.2, 0.25) is 15.9 Å². The second-order valence-corrected chi connectivity index (χ2v) is 8.14. The number of aromatic nitrogens is 1. The lowest BCUT2D eigenvalue weighted by Crippen LogP contribution is -2.36. The highest BCUT2D eigenvalue weighted by Crippen LogP contribution is 2.21. The molecule has 11 heteroatoms. The average molecular weight is 432 g/mol. The van der Waals surface area contributed by atoms with Crippen LogP contribution < -0.4 is 14.8 Å². The van der Waals surface area contributed by atoms with E-state index in [0.29, 0.717) is 0 Å². The lowest BCUT2D eigenvalue weighted by atomic mass is 10.2. The Morgan fingerprint density at radius 2 is 1.97 bits per heavy atom. The Kier molecular flexibility index (Phi) is 6.33. The number of benzene rings is 2. The molecule has 10 nitrogen and oxygen atoms in total. The van der Waals surface area contributed by atoms with Gasteiger partial charge in [0.25, 0.3) is 5.69 Å². The summed E-state index contributed by atoms with van der Waals surface area (Å²) in [5.74, 6) is 0.443. The van der Waals surface area contributed by atoms with Crippen LogP contribution >= 0.6 is 0 Å². The van der Waals surface area contributed by atoms with Gasteiger partial charge in [0.05, 0.1) is 16.9 Å². The number of amides is 1. The maximum Gasteiger partial charge on any atom is 0.270 e. The number of nitrogens with zero attached hydrogens (tertiary/aromatic N) is 2. The van der Waals surface area contributed by atoms with E-state index in [0.717, 1.165) is 22.7 Å². The fraction of sp³-hybridized carbons (Fsp3) is 0.211. The van der Waals surface area contributed by atoms with Crippen molar-refractivity contribution in [2.24, 2.45) is 0 Å². The van der Waals surface area contributed by atoms with Crippen LogP contribution in [0, 0.1) is 10.1 Å². The van der Waals surface area contributed by atoms with Gasteiger partial charge in [-0.25, -0.2) is 13.1 Å². The summed E-state index contributed by atoms with van der Waals surface area (Å²) in [5, 5.41) is 14.4. The molecule has 0 fully saturated rings. The van der Waals surface area contributed by atoms with Gasteiger partial charge in [0.15, 0.2) is 0 Å². The fourth-order valence-electron chi connectivity index (χ4n) is 2.89. The Hall–Kier alpha value is -3.44. The number of methoxy groups -OCH3 is 1. The first-order valence-electron chi connectivity index (χ1n) is 8.94. The summed E-state index contributed by atoms with van der Waals surface area (Å²) in [5.41, 5.74) is 0.556. The molecule has 3 rings (SSSR count). The number of nitrogens with one attached hydrogen (secondary N) is 2. The predicted molar refractivity (Wildman–Crippen MR) is 110 cm³/mol. The van der Waals surface area contributed by atoms with Crippen LogP contribution in [0.5, 0.6) is 5.75 Å². The van der Waals surface area contributed by atoms with E-state index in [-0.39, 0.29) is 36.1 Å². The molecule has 0 saturated heterocycles. The van der Waals surface area contributed by atoms with E-state index in [1.807, 2.05) is 18.2 Å². The molecule has 0 saturated carbocycles. The van der Waals surface area contributed by atoms with Crippen LogP contribution in [-0.4, -0.2) is 44.0 Å². The number of fused-ring (bicyclic) bond motifs is 1. The van der Waals surface area contributed by atoms with E-state index in [2.05, 4.69) is 10.0 Å². The van der Waals surface area contributed by atoms with Crippen LogP contribution in [0.1, 0.15) is 0 Å². The van der Waals surface area contributed by atoms with E-state index in [4.69, 9.17) is 4.74 Å². The van der Waals surface area contributed by atoms with Gasteiger partial charge in [0.1, 0.15) is 12.3 Å². The summed E-state index contributed by atoms with van der Waals surface area (Å²) in [6.45, 7) is 0.0911. The molecule has 0 radical (unpaired) electrons. The van der Waals surface area contributed by atoms with Crippen LogP contribution in [0.25, 0.3) is 10.9 Å².